The minimum atomic E-state index is -0.489. The van der Waals surface area contributed by atoms with Gasteiger partial charge in [-0.05, 0) is 43.3 Å². The number of benzene rings is 1. The molecule has 0 bridgehead atoms. The number of aryl methyl sites for hydroxylation is 2. The number of anilines is 1. The molecular formula is C21H22N6O2S. The summed E-state index contributed by atoms with van der Waals surface area (Å²) >= 11 is 1.64. The van der Waals surface area contributed by atoms with E-state index in [1.807, 2.05) is 47.3 Å². The molecule has 1 amide bonds. The number of rotatable bonds is 5. The van der Waals surface area contributed by atoms with E-state index in [2.05, 4.69) is 20.4 Å². The smallest absolute Gasteiger partial charge is 0.249 e. The number of thiophene rings is 1. The van der Waals surface area contributed by atoms with Crippen LogP contribution in [0.5, 0.6) is 5.75 Å². The summed E-state index contributed by atoms with van der Waals surface area (Å²) in [4.78, 5) is 22.4. The second-order valence-corrected chi connectivity index (χ2v) is 7.90. The van der Waals surface area contributed by atoms with Crippen LogP contribution < -0.4 is 15.9 Å². The Morgan fingerprint density at radius 1 is 1.43 bits per heavy atom. The lowest BCUT2D eigenvalue weighted by molar-refractivity contribution is -0.117. The maximum Gasteiger partial charge on any atom is 0.249 e. The highest BCUT2D eigenvalue weighted by atomic mass is 32.1. The molecular weight excluding hydrogens is 400 g/mol. The summed E-state index contributed by atoms with van der Waals surface area (Å²) in [7, 11) is 1.61. The summed E-state index contributed by atoms with van der Waals surface area (Å²) in [5.74, 6) is 6.15. The number of aromatic nitrogens is 2. The monoisotopic (exact) mass is 422 g/mol. The first-order valence-corrected chi connectivity index (χ1v) is 10.3. The molecule has 0 radical (unpaired) electrons. The van der Waals surface area contributed by atoms with Crippen LogP contribution in [0.15, 0.2) is 52.3 Å². The molecule has 154 valence electrons. The van der Waals surface area contributed by atoms with E-state index >= 15 is 0 Å². The Hall–Kier alpha value is -3.46. The second kappa shape index (κ2) is 8.50. The van der Waals surface area contributed by atoms with Gasteiger partial charge in [0, 0.05) is 16.6 Å². The van der Waals surface area contributed by atoms with Crippen LogP contribution in [-0.2, 0) is 11.2 Å². The van der Waals surface area contributed by atoms with Gasteiger partial charge < -0.3 is 20.5 Å². The molecule has 1 aliphatic rings. The molecule has 9 heteroatoms. The molecule has 3 N–H and O–H groups in total. The van der Waals surface area contributed by atoms with Crippen molar-refractivity contribution in [3.8, 4) is 11.4 Å². The van der Waals surface area contributed by atoms with Crippen molar-refractivity contribution in [2.24, 2.45) is 15.9 Å². The fraction of sp³-hybridized carbons (Fsp3) is 0.238. The van der Waals surface area contributed by atoms with Crippen molar-refractivity contribution in [1.29, 1.82) is 0 Å². The van der Waals surface area contributed by atoms with Gasteiger partial charge in [0.25, 0.3) is 0 Å². The number of amides is 1. The molecule has 30 heavy (non-hydrogen) atoms. The summed E-state index contributed by atoms with van der Waals surface area (Å²) in [6, 6.07) is 7.07. The van der Waals surface area contributed by atoms with Gasteiger partial charge in [0.05, 0.1) is 36.7 Å². The molecule has 3 aromatic rings. The number of hydrogen-bond donors (Lipinski definition) is 2. The van der Waals surface area contributed by atoms with Gasteiger partial charge in [-0.1, -0.05) is 6.07 Å². The van der Waals surface area contributed by atoms with Crippen molar-refractivity contribution in [2.45, 2.75) is 25.8 Å². The first-order valence-electron chi connectivity index (χ1n) is 9.46. The lowest BCUT2D eigenvalue weighted by atomic mass is 10.1. The van der Waals surface area contributed by atoms with Gasteiger partial charge in [0.1, 0.15) is 17.5 Å². The van der Waals surface area contributed by atoms with E-state index in [4.69, 9.17) is 10.6 Å². The molecule has 0 spiro atoms. The predicted molar refractivity (Wildman–Crippen MR) is 119 cm³/mol. The Morgan fingerprint density at radius 3 is 3.03 bits per heavy atom. The molecule has 0 fully saturated rings. The number of nitrogens with two attached hydrogens (primary N) is 1. The van der Waals surface area contributed by atoms with Crippen LogP contribution in [0, 0.1) is 6.92 Å². The zero-order chi connectivity index (χ0) is 21.1. The van der Waals surface area contributed by atoms with Crippen molar-refractivity contribution in [3.63, 3.8) is 0 Å². The number of carbonyl (C=O) groups is 1. The highest BCUT2D eigenvalue weighted by Gasteiger charge is 2.23. The van der Waals surface area contributed by atoms with Crippen LogP contribution in [0.4, 0.5) is 5.69 Å². The van der Waals surface area contributed by atoms with Gasteiger partial charge in [-0.2, -0.15) is 5.10 Å². The summed E-state index contributed by atoms with van der Waals surface area (Å²) in [5, 5.41) is 8.79. The van der Waals surface area contributed by atoms with Gasteiger partial charge in [-0.25, -0.2) is 4.98 Å². The number of nitrogens with zero attached hydrogens (tertiary/aromatic N) is 4. The SMILES string of the molecule is COc1cc(/C(C=NC2CCc3sccc3NC2=O)=N/N)ccc1-n1cnc(C)c1. The van der Waals surface area contributed by atoms with E-state index in [1.165, 1.54) is 4.88 Å². The Kier molecular flexibility index (Phi) is 5.62. The third-order valence-electron chi connectivity index (χ3n) is 4.93. The van der Waals surface area contributed by atoms with Crippen LogP contribution in [-0.4, -0.2) is 40.5 Å². The molecule has 1 unspecified atom stereocenters. The molecule has 4 rings (SSSR count). The maximum atomic E-state index is 12.5. The van der Waals surface area contributed by atoms with Gasteiger partial charge in [0.15, 0.2) is 0 Å². The molecule has 0 saturated carbocycles. The number of aliphatic imine (C=N–C) groups is 1. The molecule has 1 aliphatic heterocycles. The van der Waals surface area contributed by atoms with Crippen molar-refractivity contribution in [2.75, 3.05) is 12.4 Å². The number of hydrogen-bond acceptors (Lipinski definition) is 7. The summed E-state index contributed by atoms with van der Waals surface area (Å²) in [6.07, 6.45) is 6.64. The average molecular weight is 423 g/mol. The summed E-state index contributed by atoms with van der Waals surface area (Å²) in [5.41, 5.74) is 3.85. The van der Waals surface area contributed by atoms with E-state index < -0.39 is 6.04 Å². The van der Waals surface area contributed by atoms with Gasteiger partial charge >= 0.3 is 0 Å². The van der Waals surface area contributed by atoms with E-state index in [0.29, 0.717) is 17.9 Å². The number of ether oxygens (including phenoxy) is 1. The van der Waals surface area contributed by atoms with Crippen LogP contribution >= 0.6 is 11.3 Å². The van der Waals surface area contributed by atoms with Crippen molar-refractivity contribution in [1.82, 2.24) is 9.55 Å². The molecule has 2 aromatic heterocycles. The number of methoxy groups -OCH3 is 1. The first-order chi connectivity index (χ1) is 14.6. The molecule has 8 nitrogen and oxygen atoms in total. The summed E-state index contributed by atoms with van der Waals surface area (Å²) < 4.78 is 7.44. The first kappa shape index (κ1) is 19.8. The Morgan fingerprint density at radius 2 is 2.30 bits per heavy atom. The lowest BCUT2D eigenvalue weighted by Crippen LogP contribution is -2.25. The fourth-order valence-electron chi connectivity index (χ4n) is 3.35. The number of nitrogens with one attached hydrogen (secondary N) is 1. The average Bonchev–Trinajstić information content (AvgIpc) is 3.35. The lowest BCUT2D eigenvalue weighted by Gasteiger charge is -2.12. The van der Waals surface area contributed by atoms with Gasteiger partial charge in [-0.3, -0.25) is 9.79 Å². The van der Waals surface area contributed by atoms with Crippen LogP contribution in [0.2, 0.25) is 0 Å². The molecule has 0 saturated heterocycles. The van der Waals surface area contributed by atoms with Crippen molar-refractivity contribution < 1.29 is 9.53 Å². The fourth-order valence-corrected chi connectivity index (χ4v) is 4.20. The van der Waals surface area contributed by atoms with Gasteiger partial charge in [-0.15, -0.1) is 11.3 Å². The molecule has 3 heterocycles. The third-order valence-corrected chi connectivity index (χ3v) is 5.91. The number of fused-ring (bicyclic) bond motifs is 1. The van der Waals surface area contributed by atoms with E-state index in [1.54, 1.807) is 31.0 Å². The second-order valence-electron chi connectivity index (χ2n) is 6.90. The molecule has 0 aliphatic carbocycles. The Bertz CT molecular complexity index is 1130. The number of hydrazone groups is 1. The maximum absolute atomic E-state index is 12.5. The van der Waals surface area contributed by atoms with Crippen LogP contribution in [0.25, 0.3) is 5.69 Å². The zero-order valence-corrected chi connectivity index (χ0v) is 17.5. The minimum Gasteiger partial charge on any atom is -0.495 e. The van der Waals surface area contributed by atoms with Crippen LogP contribution in [0.3, 0.4) is 0 Å². The minimum absolute atomic E-state index is 0.122. The van der Waals surface area contributed by atoms with Crippen LogP contribution in [0.1, 0.15) is 22.6 Å². The Balaban J connectivity index is 1.55. The molecule has 1 atom stereocenters. The Labute approximate surface area is 178 Å². The van der Waals surface area contributed by atoms with Crippen molar-refractivity contribution >= 4 is 34.9 Å². The van der Waals surface area contributed by atoms with E-state index in [9.17, 15) is 4.79 Å². The molecule has 1 aromatic carbocycles. The van der Waals surface area contributed by atoms with E-state index in [-0.39, 0.29) is 5.91 Å². The zero-order valence-electron chi connectivity index (χ0n) is 16.7. The number of imidazole rings is 1. The quantitative estimate of drug-likeness (QED) is 0.374. The normalized spacial score (nSPS) is 16.9. The third kappa shape index (κ3) is 3.97. The highest BCUT2D eigenvalue weighted by molar-refractivity contribution is 7.10. The highest BCUT2D eigenvalue weighted by Crippen LogP contribution is 2.28. The van der Waals surface area contributed by atoms with Gasteiger partial charge in [0.2, 0.25) is 5.91 Å². The van der Waals surface area contributed by atoms with E-state index in [0.717, 1.165) is 29.1 Å². The standard InChI is InChI=1S/C21H22N6O2S/c1-13-11-27(12-24-13)18-5-3-14(9-19(18)29-2)17(26-22)10-23-16-4-6-20-15(7-8-30-20)25-21(16)28/h3,5,7-12,16H,4,6,22H2,1-2H3,(H,25,28)/b23-10?,26-17+. The summed E-state index contributed by atoms with van der Waals surface area (Å²) in [6.45, 7) is 1.93. The largest absolute Gasteiger partial charge is 0.495 e. The van der Waals surface area contributed by atoms with Crippen molar-refractivity contribution in [3.05, 3.63) is 58.3 Å². The number of carbonyl (C=O) groups excluding carboxylic acids is 1. The predicted octanol–water partition coefficient (Wildman–Crippen LogP) is 2.94. The topological polar surface area (TPSA) is 107 Å².